The molecule has 0 radical (unpaired) electrons. The highest BCUT2D eigenvalue weighted by molar-refractivity contribution is 6.32. The number of halogens is 1. The van der Waals surface area contributed by atoms with Gasteiger partial charge in [0, 0.05) is 18.9 Å². The Morgan fingerprint density at radius 2 is 2.27 bits per heavy atom. The Bertz CT molecular complexity index is 478. The molecule has 0 amide bonds. The van der Waals surface area contributed by atoms with Crippen molar-refractivity contribution in [2.24, 2.45) is 5.73 Å². The molecule has 0 bridgehead atoms. The molecule has 0 fully saturated rings. The molecule has 0 aliphatic heterocycles. The normalized spacial score (nSPS) is 10.6. The number of hydrogen-bond donors (Lipinski definition) is 1. The molecule has 4 nitrogen and oxygen atoms in total. The maximum atomic E-state index is 6.07. The van der Waals surface area contributed by atoms with Crippen LogP contribution in [0.15, 0.2) is 24.7 Å². The minimum Gasteiger partial charge on any atom is -0.326 e. The predicted molar refractivity (Wildman–Crippen MR) is 59.0 cm³/mol. The fourth-order valence-corrected chi connectivity index (χ4v) is 1.55. The number of hydrogen-bond acceptors (Lipinski definition) is 3. The molecule has 15 heavy (non-hydrogen) atoms. The summed E-state index contributed by atoms with van der Waals surface area (Å²) in [6.45, 7) is 2.40. The molecule has 5 heteroatoms. The molecule has 0 spiro atoms. The Labute approximate surface area is 92.7 Å². The quantitative estimate of drug-likeness (QED) is 0.841. The van der Waals surface area contributed by atoms with Gasteiger partial charge in [-0.2, -0.15) is 5.10 Å². The number of pyridine rings is 1. The average molecular weight is 223 g/mol. The molecule has 0 aromatic carbocycles. The third-order valence-electron chi connectivity index (χ3n) is 2.04. The molecule has 0 aliphatic carbocycles. The summed E-state index contributed by atoms with van der Waals surface area (Å²) in [5, 5.41) is 4.70. The van der Waals surface area contributed by atoms with E-state index in [1.807, 2.05) is 13.1 Å². The van der Waals surface area contributed by atoms with E-state index in [4.69, 9.17) is 17.3 Å². The summed E-state index contributed by atoms with van der Waals surface area (Å²) in [7, 11) is 0. The maximum Gasteiger partial charge on any atom is 0.172 e. The van der Waals surface area contributed by atoms with Crippen molar-refractivity contribution in [2.75, 3.05) is 0 Å². The molecule has 2 aromatic rings. The molecule has 2 rings (SSSR count). The van der Waals surface area contributed by atoms with Gasteiger partial charge in [0.25, 0.3) is 0 Å². The summed E-state index contributed by atoms with van der Waals surface area (Å²) >= 11 is 6.07. The lowest BCUT2D eigenvalue weighted by atomic mass is 10.3. The monoisotopic (exact) mass is 222 g/mol. The molecule has 2 heterocycles. The van der Waals surface area contributed by atoms with Gasteiger partial charge in [-0.1, -0.05) is 11.6 Å². The van der Waals surface area contributed by atoms with E-state index in [-0.39, 0.29) is 0 Å². The second-order valence-electron chi connectivity index (χ2n) is 3.32. The van der Waals surface area contributed by atoms with E-state index < -0.39 is 0 Å². The van der Waals surface area contributed by atoms with Crippen LogP contribution in [0.25, 0.3) is 5.82 Å². The molecular weight excluding hydrogens is 212 g/mol. The van der Waals surface area contributed by atoms with Gasteiger partial charge in [0.05, 0.1) is 11.2 Å². The van der Waals surface area contributed by atoms with Crippen molar-refractivity contribution >= 4 is 11.6 Å². The van der Waals surface area contributed by atoms with Crippen LogP contribution in [0.4, 0.5) is 0 Å². The molecule has 0 unspecified atom stereocenters. The lowest BCUT2D eigenvalue weighted by Crippen LogP contribution is -2.02. The fourth-order valence-electron chi connectivity index (χ4n) is 1.28. The molecule has 78 valence electrons. The molecular formula is C10H11ClN4. The van der Waals surface area contributed by atoms with Crippen molar-refractivity contribution in [3.8, 4) is 5.82 Å². The van der Waals surface area contributed by atoms with Crippen LogP contribution in [-0.2, 0) is 6.54 Å². The Kier molecular flexibility index (Phi) is 2.70. The SMILES string of the molecule is Cc1cnn(-c2ncc(CN)cc2Cl)c1. The average Bonchev–Trinajstić information content (AvgIpc) is 2.64. The van der Waals surface area contributed by atoms with Gasteiger partial charge in [0.1, 0.15) is 0 Å². The van der Waals surface area contributed by atoms with Gasteiger partial charge in [-0.05, 0) is 24.1 Å². The standard InChI is InChI=1S/C10H11ClN4/c1-7-4-14-15(6-7)10-9(11)2-8(3-12)5-13-10/h2,4-6H,3,12H2,1H3. The minimum atomic E-state index is 0.436. The van der Waals surface area contributed by atoms with Gasteiger partial charge < -0.3 is 5.73 Å². The Morgan fingerprint density at radius 3 is 2.80 bits per heavy atom. The van der Waals surface area contributed by atoms with Crippen LogP contribution in [0, 0.1) is 6.92 Å². The fraction of sp³-hybridized carbons (Fsp3) is 0.200. The summed E-state index contributed by atoms with van der Waals surface area (Å²) < 4.78 is 1.65. The van der Waals surface area contributed by atoms with E-state index in [0.717, 1.165) is 11.1 Å². The Balaban J connectivity index is 2.45. The third kappa shape index (κ3) is 2.00. The van der Waals surface area contributed by atoms with E-state index in [1.165, 1.54) is 0 Å². The first kappa shape index (κ1) is 10.1. The van der Waals surface area contributed by atoms with E-state index in [0.29, 0.717) is 17.4 Å². The number of aryl methyl sites for hydroxylation is 1. The summed E-state index contributed by atoms with van der Waals surface area (Å²) in [5.74, 6) is 0.627. The number of aromatic nitrogens is 3. The van der Waals surface area contributed by atoms with Gasteiger partial charge in [0.2, 0.25) is 0 Å². The molecule has 0 saturated heterocycles. The van der Waals surface area contributed by atoms with E-state index in [2.05, 4.69) is 10.1 Å². The summed E-state index contributed by atoms with van der Waals surface area (Å²) in [6, 6.07) is 1.81. The van der Waals surface area contributed by atoms with Crippen LogP contribution in [0.2, 0.25) is 5.02 Å². The van der Waals surface area contributed by atoms with E-state index in [1.54, 1.807) is 23.1 Å². The largest absolute Gasteiger partial charge is 0.326 e. The van der Waals surface area contributed by atoms with Gasteiger partial charge in [-0.25, -0.2) is 9.67 Å². The second-order valence-corrected chi connectivity index (χ2v) is 3.72. The maximum absolute atomic E-state index is 6.07. The third-order valence-corrected chi connectivity index (χ3v) is 2.32. The lowest BCUT2D eigenvalue weighted by molar-refractivity contribution is 0.842. The van der Waals surface area contributed by atoms with Gasteiger partial charge in [-0.3, -0.25) is 0 Å². The highest BCUT2D eigenvalue weighted by Gasteiger charge is 2.06. The number of nitrogens with two attached hydrogens (primary N) is 1. The molecule has 2 aromatic heterocycles. The first-order valence-electron chi connectivity index (χ1n) is 4.57. The smallest absolute Gasteiger partial charge is 0.172 e. The molecule has 2 N–H and O–H groups in total. The van der Waals surface area contributed by atoms with Crippen molar-refractivity contribution in [3.63, 3.8) is 0 Å². The van der Waals surface area contributed by atoms with Crippen LogP contribution in [0.3, 0.4) is 0 Å². The second kappa shape index (κ2) is 4.00. The van der Waals surface area contributed by atoms with Gasteiger partial charge in [-0.15, -0.1) is 0 Å². The molecule has 0 atom stereocenters. The topological polar surface area (TPSA) is 56.7 Å². The van der Waals surface area contributed by atoms with E-state index in [9.17, 15) is 0 Å². The van der Waals surface area contributed by atoms with Gasteiger partial charge >= 0.3 is 0 Å². The van der Waals surface area contributed by atoms with Gasteiger partial charge in [0.15, 0.2) is 5.82 Å². The lowest BCUT2D eigenvalue weighted by Gasteiger charge is -2.04. The zero-order valence-corrected chi connectivity index (χ0v) is 9.07. The summed E-state index contributed by atoms with van der Waals surface area (Å²) in [6.07, 6.45) is 5.34. The number of rotatable bonds is 2. The predicted octanol–water partition coefficient (Wildman–Crippen LogP) is 1.69. The van der Waals surface area contributed by atoms with Crippen molar-refractivity contribution in [3.05, 3.63) is 40.8 Å². The van der Waals surface area contributed by atoms with Crippen molar-refractivity contribution in [1.29, 1.82) is 0 Å². The van der Waals surface area contributed by atoms with Crippen LogP contribution >= 0.6 is 11.6 Å². The zero-order chi connectivity index (χ0) is 10.8. The summed E-state index contributed by atoms with van der Waals surface area (Å²) in [5.41, 5.74) is 7.47. The highest BCUT2D eigenvalue weighted by atomic mass is 35.5. The Morgan fingerprint density at radius 1 is 1.47 bits per heavy atom. The first-order valence-corrected chi connectivity index (χ1v) is 4.94. The van der Waals surface area contributed by atoms with Crippen LogP contribution in [0.5, 0.6) is 0 Å². The van der Waals surface area contributed by atoms with Crippen LogP contribution in [0.1, 0.15) is 11.1 Å². The summed E-state index contributed by atoms with van der Waals surface area (Å²) in [4.78, 5) is 4.22. The highest BCUT2D eigenvalue weighted by Crippen LogP contribution is 2.18. The molecule has 0 saturated carbocycles. The zero-order valence-electron chi connectivity index (χ0n) is 8.31. The van der Waals surface area contributed by atoms with Crippen molar-refractivity contribution in [2.45, 2.75) is 13.5 Å². The Hall–Kier alpha value is -1.39. The molecule has 0 aliphatic rings. The number of nitrogens with zero attached hydrogens (tertiary/aromatic N) is 3. The first-order chi connectivity index (χ1) is 7.20. The van der Waals surface area contributed by atoms with Crippen molar-refractivity contribution < 1.29 is 0 Å². The minimum absolute atomic E-state index is 0.436. The van der Waals surface area contributed by atoms with Crippen LogP contribution in [-0.4, -0.2) is 14.8 Å². The van der Waals surface area contributed by atoms with Crippen LogP contribution < -0.4 is 5.73 Å². The van der Waals surface area contributed by atoms with Crippen molar-refractivity contribution in [1.82, 2.24) is 14.8 Å². The van der Waals surface area contributed by atoms with E-state index >= 15 is 0 Å².